The highest BCUT2D eigenvalue weighted by atomic mass is 16.5. The van der Waals surface area contributed by atoms with E-state index < -0.39 is 0 Å². The van der Waals surface area contributed by atoms with Gasteiger partial charge in [0.15, 0.2) is 0 Å². The lowest BCUT2D eigenvalue weighted by atomic mass is 10.2. The number of methoxy groups -OCH3 is 1. The molecule has 2 aromatic rings. The van der Waals surface area contributed by atoms with E-state index in [2.05, 4.69) is 22.4 Å². The minimum atomic E-state index is 0.767. The summed E-state index contributed by atoms with van der Waals surface area (Å²) in [4.78, 5) is 4.43. The number of hydrogen-bond donors (Lipinski definition) is 1. The number of nitrogens with one attached hydrogen (secondary N) is 1. The fourth-order valence-electron chi connectivity index (χ4n) is 1.85. The van der Waals surface area contributed by atoms with Crippen molar-refractivity contribution in [1.29, 1.82) is 0 Å². The van der Waals surface area contributed by atoms with Gasteiger partial charge in [-0.25, -0.2) is 0 Å². The summed E-state index contributed by atoms with van der Waals surface area (Å²) in [5.74, 6) is 0.882. The molecule has 0 aliphatic carbocycles. The molecule has 0 spiro atoms. The van der Waals surface area contributed by atoms with E-state index in [1.54, 1.807) is 7.11 Å². The molecule has 1 aromatic heterocycles. The Labute approximate surface area is 108 Å². The van der Waals surface area contributed by atoms with Gasteiger partial charge < -0.3 is 10.1 Å². The van der Waals surface area contributed by atoms with Crippen LogP contribution in [0.2, 0.25) is 0 Å². The van der Waals surface area contributed by atoms with Gasteiger partial charge in [0, 0.05) is 12.2 Å². The molecule has 18 heavy (non-hydrogen) atoms. The molecule has 3 heteroatoms. The lowest BCUT2D eigenvalue weighted by molar-refractivity contribution is 0.414. The maximum absolute atomic E-state index is 5.21. The van der Waals surface area contributed by atoms with Crippen molar-refractivity contribution < 1.29 is 4.74 Å². The number of hydrogen-bond acceptors (Lipinski definition) is 3. The zero-order valence-corrected chi connectivity index (χ0v) is 11.0. The predicted octanol–water partition coefficient (Wildman–Crippen LogP) is 3.32. The van der Waals surface area contributed by atoms with E-state index in [0.717, 1.165) is 29.4 Å². The van der Waals surface area contributed by atoms with Crippen LogP contribution in [0.15, 0.2) is 36.4 Å². The Hall–Kier alpha value is -2.03. The van der Waals surface area contributed by atoms with Gasteiger partial charge in [0.05, 0.1) is 18.5 Å². The zero-order valence-electron chi connectivity index (χ0n) is 11.0. The van der Waals surface area contributed by atoms with Gasteiger partial charge in [-0.2, -0.15) is 0 Å². The fraction of sp³-hybridized carbons (Fsp3) is 0.267. The van der Waals surface area contributed by atoms with Crippen LogP contribution in [0.3, 0.4) is 0 Å². The summed E-state index contributed by atoms with van der Waals surface area (Å²) >= 11 is 0. The molecule has 0 atom stereocenters. The predicted molar refractivity (Wildman–Crippen MR) is 74.0 cm³/mol. The van der Waals surface area contributed by atoms with Crippen LogP contribution in [0.5, 0.6) is 5.75 Å². The molecule has 3 nitrogen and oxygen atoms in total. The number of aryl methyl sites for hydroxylation is 2. The van der Waals surface area contributed by atoms with Crippen LogP contribution >= 0.6 is 0 Å². The third kappa shape index (κ3) is 3.00. The summed E-state index contributed by atoms with van der Waals surface area (Å²) in [5.41, 5.74) is 4.33. The van der Waals surface area contributed by atoms with E-state index in [-0.39, 0.29) is 0 Å². The molecule has 1 aromatic carbocycles. The number of ether oxygens (including phenoxy) is 1. The number of rotatable bonds is 4. The molecule has 0 aliphatic heterocycles. The van der Waals surface area contributed by atoms with Crippen molar-refractivity contribution >= 4 is 5.69 Å². The summed E-state index contributed by atoms with van der Waals surface area (Å²) in [7, 11) is 1.68. The summed E-state index contributed by atoms with van der Waals surface area (Å²) in [6.07, 6.45) is 0. The van der Waals surface area contributed by atoms with Crippen LogP contribution in [0.4, 0.5) is 5.69 Å². The minimum Gasteiger partial charge on any atom is -0.497 e. The van der Waals surface area contributed by atoms with Crippen molar-refractivity contribution in [2.24, 2.45) is 0 Å². The number of nitrogens with zero attached hydrogens (tertiary/aromatic N) is 1. The first-order valence-electron chi connectivity index (χ1n) is 6.00. The molecule has 1 heterocycles. The van der Waals surface area contributed by atoms with Gasteiger partial charge in [0.25, 0.3) is 0 Å². The molecular weight excluding hydrogens is 224 g/mol. The Morgan fingerprint density at radius 3 is 2.72 bits per heavy atom. The van der Waals surface area contributed by atoms with Crippen molar-refractivity contribution in [2.75, 3.05) is 12.4 Å². The van der Waals surface area contributed by atoms with Gasteiger partial charge in [-0.3, -0.25) is 4.98 Å². The Morgan fingerprint density at radius 2 is 2.00 bits per heavy atom. The molecule has 2 rings (SSSR count). The third-order valence-corrected chi connectivity index (χ3v) is 2.84. The van der Waals surface area contributed by atoms with Crippen LogP contribution in [0, 0.1) is 13.8 Å². The van der Waals surface area contributed by atoms with E-state index in [4.69, 9.17) is 4.74 Å². The van der Waals surface area contributed by atoms with E-state index in [9.17, 15) is 0 Å². The molecule has 0 bridgehead atoms. The maximum Gasteiger partial charge on any atom is 0.119 e. The quantitative estimate of drug-likeness (QED) is 0.893. The lowest BCUT2D eigenvalue weighted by Crippen LogP contribution is -2.02. The van der Waals surface area contributed by atoms with Crippen molar-refractivity contribution in [3.8, 4) is 5.75 Å². The molecule has 0 saturated carbocycles. The standard InChI is InChI=1S/C15H18N2O/c1-11-7-8-15(12(2)17-11)16-10-13-5-4-6-14(9-13)18-3/h4-9,16H,10H2,1-3H3. The fourth-order valence-corrected chi connectivity index (χ4v) is 1.85. The average Bonchev–Trinajstić information content (AvgIpc) is 2.38. The summed E-state index contributed by atoms with van der Waals surface area (Å²) in [6.45, 7) is 4.78. The van der Waals surface area contributed by atoms with E-state index in [1.165, 1.54) is 5.56 Å². The summed E-state index contributed by atoms with van der Waals surface area (Å²) < 4.78 is 5.21. The number of pyridine rings is 1. The summed E-state index contributed by atoms with van der Waals surface area (Å²) in [5, 5.41) is 3.39. The van der Waals surface area contributed by atoms with Crippen molar-refractivity contribution in [3.63, 3.8) is 0 Å². The van der Waals surface area contributed by atoms with E-state index in [0.29, 0.717) is 0 Å². The molecule has 0 fully saturated rings. The Morgan fingerprint density at radius 1 is 1.17 bits per heavy atom. The minimum absolute atomic E-state index is 0.767. The van der Waals surface area contributed by atoms with Gasteiger partial charge in [0.1, 0.15) is 5.75 Å². The van der Waals surface area contributed by atoms with Crippen LogP contribution < -0.4 is 10.1 Å². The average molecular weight is 242 g/mol. The van der Waals surface area contributed by atoms with Crippen LogP contribution in [-0.4, -0.2) is 12.1 Å². The highest BCUT2D eigenvalue weighted by Crippen LogP contribution is 2.16. The number of anilines is 1. The Balaban J connectivity index is 2.06. The maximum atomic E-state index is 5.21. The van der Waals surface area contributed by atoms with Crippen molar-refractivity contribution in [2.45, 2.75) is 20.4 Å². The lowest BCUT2D eigenvalue weighted by Gasteiger charge is -2.10. The molecule has 94 valence electrons. The van der Waals surface area contributed by atoms with Crippen LogP contribution in [0.25, 0.3) is 0 Å². The molecular formula is C15H18N2O. The monoisotopic (exact) mass is 242 g/mol. The van der Waals surface area contributed by atoms with Gasteiger partial charge in [-0.05, 0) is 43.7 Å². The van der Waals surface area contributed by atoms with Gasteiger partial charge in [-0.1, -0.05) is 12.1 Å². The largest absolute Gasteiger partial charge is 0.497 e. The van der Waals surface area contributed by atoms with Crippen molar-refractivity contribution in [1.82, 2.24) is 4.98 Å². The highest BCUT2D eigenvalue weighted by Gasteiger charge is 2.00. The first-order valence-corrected chi connectivity index (χ1v) is 6.00. The summed E-state index contributed by atoms with van der Waals surface area (Å²) in [6, 6.07) is 12.1. The first kappa shape index (κ1) is 12.4. The molecule has 0 radical (unpaired) electrons. The van der Waals surface area contributed by atoms with Gasteiger partial charge in [0.2, 0.25) is 0 Å². The van der Waals surface area contributed by atoms with E-state index >= 15 is 0 Å². The molecule has 0 aliphatic rings. The smallest absolute Gasteiger partial charge is 0.119 e. The molecule has 1 N–H and O–H groups in total. The first-order chi connectivity index (χ1) is 8.69. The van der Waals surface area contributed by atoms with Crippen LogP contribution in [0.1, 0.15) is 17.0 Å². The van der Waals surface area contributed by atoms with Crippen molar-refractivity contribution in [3.05, 3.63) is 53.3 Å². The topological polar surface area (TPSA) is 34.1 Å². The zero-order chi connectivity index (χ0) is 13.0. The Bertz CT molecular complexity index is 538. The van der Waals surface area contributed by atoms with E-state index in [1.807, 2.05) is 38.1 Å². The number of aromatic nitrogens is 1. The molecule has 0 unspecified atom stereocenters. The van der Waals surface area contributed by atoms with Crippen LogP contribution in [-0.2, 0) is 6.54 Å². The van der Waals surface area contributed by atoms with Gasteiger partial charge in [-0.15, -0.1) is 0 Å². The second-order valence-corrected chi connectivity index (χ2v) is 4.29. The van der Waals surface area contributed by atoms with Gasteiger partial charge >= 0.3 is 0 Å². The number of benzene rings is 1. The third-order valence-electron chi connectivity index (χ3n) is 2.84. The second-order valence-electron chi connectivity index (χ2n) is 4.29. The highest BCUT2D eigenvalue weighted by molar-refractivity contribution is 5.48. The second kappa shape index (κ2) is 5.54. The SMILES string of the molecule is COc1cccc(CNc2ccc(C)nc2C)c1. The molecule has 0 saturated heterocycles. The molecule has 0 amide bonds. The normalized spacial score (nSPS) is 10.2. The Kier molecular flexibility index (Phi) is 3.82.